The van der Waals surface area contributed by atoms with Crippen LogP contribution in [0.4, 0.5) is 34.1 Å². The molecule has 0 fully saturated rings. The summed E-state index contributed by atoms with van der Waals surface area (Å²) in [4.78, 5) is 4.89. The van der Waals surface area contributed by atoms with Crippen LogP contribution in [0, 0.1) is 0 Å². The molecule has 0 saturated carbocycles. The topological polar surface area (TPSA) is 6.48 Å². The fraction of sp³-hybridized carbons (Fsp3) is 0.0137. The minimum Gasteiger partial charge on any atom is -0.310 e. The van der Waals surface area contributed by atoms with Crippen molar-refractivity contribution >= 4 is 34.1 Å². The summed E-state index contributed by atoms with van der Waals surface area (Å²) in [5, 5.41) is 0. The number of benzene rings is 12. The minimum absolute atomic E-state index is 0.539. The molecule has 352 valence electrons. The van der Waals surface area contributed by atoms with Gasteiger partial charge in [0.1, 0.15) is 0 Å². The van der Waals surface area contributed by atoms with Gasteiger partial charge in [0.2, 0.25) is 0 Å². The zero-order chi connectivity index (χ0) is 49.7. The number of hydrogen-bond acceptors (Lipinski definition) is 2. The number of fused-ring (bicyclic) bond motifs is 10. The molecule has 0 radical (unpaired) electrons. The second kappa shape index (κ2) is 18.4. The van der Waals surface area contributed by atoms with Crippen LogP contribution in [-0.4, -0.2) is 0 Å². The molecule has 14 rings (SSSR count). The van der Waals surface area contributed by atoms with Gasteiger partial charge in [-0.05, 0) is 139 Å². The van der Waals surface area contributed by atoms with E-state index in [-0.39, 0.29) is 0 Å². The van der Waals surface area contributed by atoms with Crippen LogP contribution in [0.3, 0.4) is 0 Å². The summed E-state index contributed by atoms with van der Waals surface area (Å²) in [7, 11) is 0. The highest BCUT2D eigenvalue weighted by atomic mass is 15.2. The first-order valence-corrected chi connectivity index (χ1v) is 25.9. The molecular formula is C73H50N2. The maximum absolute atomic E-state index is 2.45. The van der Waals surface area contributed by atoms with Crippen molar-refractivity contribution in [3.05, 3.63) is 326 Å². The number of hydrogen-bond donors (Lipinski definition) is 0. The lowest BCUT2D eigenvalue weighted by Crippen LogP contribution is -2.26. The third-order valence-corrected chi connectivity index (χ3v) is 15.5. The third kappa shape index (κ3) is 7.33. The molecule has 2 aliphatic rings. The number of nitrogens with zero attached hydrogens (tertiary/aromatic N) is 2. The van der Waals surface area contributed by atoms with Gasteiger partial charge in [-0.15, -0.1) is 0 Å². The van der Waals surface area contributed by atoms with Gasteiger partial charge in [-0.1, -0.05) is 243 Å². The fourth-order valence-electron chi connectivity index (χ4n) is 12.2. The van der Waals surface area contributed by atoms with Crippen LogP contribution in [0.2, 0.25) is 0 Å². The van der Waals surface area contributed by atoms with E-state index >= 15 is 0 Å². The fourth-order valence-corrected chi connectivity index (χ4v) is 12.2. The quantitative estimate of drug-likeness (QED) is 0.135. The zero-order valence-electron chi connectivity index (χ0n) is 41.3. The van der Waals surface area contributed by atoms with Crippen molar-refractivity contribution in [2.75, 3.05) is 9.80 Å². The van der Waals surface area contributed by atoms with Crippen molar-refractivity contribution in [1.82, 2.24) is 0 Å². The van der Waals surface area contributed by atoms with E-state index in [4.69, 9.17) is 0 Å². The van der Waals surface area contributed by atoms with Crippen LogP contribution in [0.25, 0.3) is 66.8 Å². The lowest BCUT2D eigenvalue weighted by atomic mass is 9.70. The van der Waals surface area contributed by atoms with Gasteiger partial charge in [0.15, 0.2) is 0 Å². The number of rotatable bonds is 10. The van der Waals surface area contributed by atoms with Crippen molar-refractivity contribution < 1.29 is 0 Å². The maximum Gasteiger partial charge on any atom is 0.0725 e. The number of para-hydroxylation sites is 2. The predicted molar refractivity (Wildman–Crippen MR) is 314 cm³/mol. The lowest BCUT2D eigenvalue weighted by Gasteiger charge is -2.32. The first-order chi connectivity index (χ1) is 37.2. The van der Waals surface area contributed by atoms with E-state index in [1.165, 1.54) is 89.0 Å². The smallest absolute Gasteiger partial charge is 0.0725 e. The van der Waals surface area contributed by atoms with Crippen LogP contribution >= 0.6 is 0 Å². The molecule has 2 aliphatic carbocycles. The lowest BCUT2D eigenvalue weighted by molar-refractivity contribution is 0.794. The SMILES string of the molecule is c1ccc(-c2ccc(N(c3ccc4c(c3)-c3ccccc3C43c4ccccc4-c4cc(N(c5ccc(-c6ccccc6)cc5)c5ccccc5-c5ccccc5)ccc43)c3ccccc3-c3ccccc3)cc2)cc1. The van der Waals surface area contributed by atoms with Gasteiger partial charge in [-0.2, -0.15) is 0 Å². The summed E-state index contributed by atoms with van der Waals surface area (Å²) < 4.78 is 0. The Morgan fingerprint density at radius 1 is 0.187 bits per heavy atom. The molecule has 1 spiro atoms. The molecule has 0 saturated heterocycles. The zero-order valence-corrected chi connectivity index (χ0v) is 41.3. The van der Waals surface area contributed by atoms with Crippen molar-refractivity contribution in [3.63, 3.8) is 0 Å². The molecule has 2 nitrogen and oxygen atoms in total. The largest absolute Gasteiger partial charge is 0.310 e. The summed E-state index contributed by atoms with van der Waals surface area (Å²) in [5.41, 5.74) is 25.8. The maximum atomic E-state index is 2.45. The highest BCUT2D eigenvalue weighted by Crippen LogP contribution is 2.64. The normalized spacial score (nSPS) is 12.4. The van der Waals surface area contributed by atoms with Crippen LogP contribution in [-0.2, 0) is 5.41 Å². The van der Waals surface area contributed by atoms with E-state index in [0.29, 0.717) is 0 Å². The Morgan fingerprint density at radius 3 is 0.853 bits per heavy atom. The van der Waals surface area contributed by atoms with E-state index in [1.807, 2.05) is 0 Å². The summed E-state index contributed by atoms with van der Waals surface area (Å²) >= 11 is 0. The Hall–Kier alpha value is -9.76. The molecule has 12 aromatic rings. The average Bonchev–Trinajstić information content (AvgIpc) is 4.08. The van der Waals surface area contributed by atoms with Crippen LogP contribution in [0.1, 0.15) is 22.3 Å². The third-order valence-electron chi connectivity index (χ3n) is 15.5. The summed E-state index contributed by atoms with van der Waals surface area (Å²) in [6.45, 7) is 0. The molecule has 0 atom stereocenters. The van der Waals surface area contributed by atoms with E-state index < -0.39 is 5.41 Å². The van der Waals surface area contributed by atoms with Crippen LogP contribution < -0.4 is 9.80 Å². The van der Waals surface area contributed by atoms with Crippen molar-refractivity contribution in [2.24, 2.45) is 0 Å². The van der Waals surface area contributed by atoms with Gasteiger partial charge in [0.05, 0.1) is 16.8 Å². The molecule has 0 heterocycles. The summed E-state index contributed by atoms with van der Waals surface area (Å²) in [5.74, 6) is 0. The van der Waals surface area contributed by atoms with E-state index in [9.17, 15) is 0 Å². The molecule has 75 heavy (non-hydrogen) atoms. The Bertz CT molecular complexity index is 3770. The van der Waals surface area contributed by atoms with Gasteiger partial charge in [0.25, 0.3) is 0 Å². The second-order valence-electron chi connectivity index (χ2n) is 19.6. The molecule has 0 bridgehead atoms. The summed E-state index contributed by atoms with van der Waals surface area (Å²) in [6, 6.07) is 111. The molecule has 12 aromatic carbocycles. The molecule has 0 aliphatic heterocycles. The minimum atomic E-state index is -0.539. The Labute approximate surface area is 439 Å². The molecule has 0 amide bonds. The monoisotopic (exact) mass is 954 g/mol. The van der Waals surface area contributed by atoms with Gasteiger partial charge < -0.3 is 9.80 Å². The average molecular weight is 955 g/mol. The second-order valence-corrected chi connectivity index (χ2v) is 19.6. The Morgan fingerprint density at radius 2 is 0.467 bits per heavy atom. The van der Waals surface area contributed by atoms with Gasteiger partial charge in [-0.25, -0.2) is 0 Å². The van der Waals surface area contributed by atoms with E-state index in [2.05, 4.69) is 313 Å². The number of anilines is 6. The highest BCUT2D eigenvalue weighted by molar-refractivity contribution is 5.99. The Balaban J connectivity index is 0.948. The predicted octanol–water partition coefficient (Wildman–Crippen LogP) is 19.6. The molecule has 0 unspecified atom stereocenters. The van der Waals surface area contributed by atoms with Crippen LogP contribution in [0.5, 0.6) is 0 Å². The molecule has 0 N–H and O–H groups in total. The van der Waals surface area contributed by atoms with Crippen molar-refractivity contribution in [3.8, 4) is 66.8 Å². The van der Waals surface area contributed by atoms with Gasteiger partial charge in [-0.3, -0.25) is 0 Å². The first kappa shape index (κ1) is 44.0. The molecular weight excluding hydrogens is 905 g/mol. The Kier molecular flexibility index (Phi) is 10.8. The van der Waals surface area contributed by atoms with Gasteiger partial charge >= 0.3 is 0 Å². The standard InChI is InChI=1S/C73H50N2/c1-5-21-51(22-6-1)53-37-41-57(42-38-53)74(71-35-19-15-29-61(71)55-25-9-3-10-26-55)59-45-47-69-65(49-59)63-31-13-17-33-67(63)73(69)68-34-18-14-32-64(68)66-50-60(46-48-70(66)73)75(58-43-39-54(40-44-58)52-23-7-2-8-24-52)72-36-20-16-30-62(72)56-27-11-4-12-28-56/h1-50H. The summed E-state index contributed by atoms with van der Waals surface area (Å²) in [6.07, 6.45) is 0. The van der Waals surface area contributed by atoms with Gasteiger partial charge in [0, 0.05) is 33.9 Å². The first-order valence-electron chi connectivity index (χ1n) is 25.9. The molecule has 0 aromatic heterocycles. The van der Waals surface area contributed by atoms with E-state index in [0.717, 1.165) is 34.1 Å². The van der Waals surface area contributed by atoms with Crippen molar-refractivity contribution in [1.29, 1.82) is 0 Å². The molecule has 2 heteroatoms. The highest BCUT2D eigenvalue weighted by Gasteiger charge is 2.52. The van der Waals surface area contributed by atoms with E-state index in [1.54, 1.807) is 0 Å². The van der Waals surface area contributed by atoms with Crippen molar-refractivity contribution in [2.45, 2.75) is 5.41 Å². The van der Waals surface area contributed by atoms with Crippen LogP contribution in [0.15, 0.2) is 303 Å².